The van der Waals surface area contributed by atoms with Crippen LogP contribution < -0.4 is 4.90 Å². The third-order valence-corrected chi connectivity index (χ3v) is 4.63. The molecule has 3 aromatic rings. The lowest BCUT2D eigenvalue weighted by Gasteiger charge is -2.35. The van der Waals surface area contributed by atoms with Crippen LogP contribution in [0.15, 0.2) is 60.7 Å². The van der Waals surface area contributed by atoms with Gasteiger partial charge in [0.2, 0.25) is 0 Å². The van der Waals surface area contributed by atoms with E-state index < -0.39 is 0 Å². The van der Waals surface area contributed by atoms with Crippen LogP contribution in [-0.4, -0.2) is 41.2 Å². The maximum absolute atomic E-state index is 10.0. The lowest BCUT2D eigenvalue weighted by Crippen LogP contribution is -2.46. The fourth-order valence-corrected chi connectivity index (χ4v) is 3.27. The number of hydrogen-bond donors (Lipinski definition) is 1. The summed E-state index contributed by atoms with van der Waals surface area (Å²) in [5.41, 5.74) is 2.04. The van der Waals surface area contributed by atoms with Gasteiger partial charge in [0.15, 0.2) is 0 Å². The Morgan fingerprint density at radius 1 is 0.833 bits per heavy atom. The lowest BCUT2D eigenvalue weighted by molar-refractivity contribution is 0.249. The van der Waals surface area contributed by atoms with Crippen molar-refractivity contribution in [3.8, 4) is 5.75 Å². The molecule has 0 spiro atoms. The van der Waals surface area contributed by atoms with Crippen molar-refractivity contribution in [2.24, 2.45) is 0 Å². The van der Waals surface area contributed by atoms with E-state index in [4.69, 9.17) is 0 Å². The summed E-state index contributed by atoms with van der Waals surface area (Å²) in [6, 6.07) is 20.2. The Balaban J connectivity index is 1.45. The average Bonchev–Trinajstić information content (AvgIpc) is 2.63. The van der Waals surface area contributed by atoms with Gasteiger partial charge in [-0.05, 0) is 23.8 Å². The fraction of sp³-hybridized carbons (Fsp3) is 0.250. The van der Waals surface area contributed by atoms with Crippen LogP contribution in [-0.2, 0) is 6.54 Å². The molecule has 0 saturated carbocycles. The van der Waals surface area contributed by atoms with Crippen molar-refractivity contribution in [1.82, 2.24) is 9.88 Å². The first kappa shape index (κ1) is 15.0. The normalized spacial score (nSPS) is 15.8. The zero-order chi connectivity index (χ0) is 16.4. The molecule has 4 heteroatoms. The van der Waals surface area contributed by atoms with Crippen molar-refractivity contribution >= 4 is 16.7 Å². The fourth-order valence-electron chi connectivity index (χ4n) is 3.27. The number of fused-ring (bicyclic) bond motifs is 1. The zero-order valence-corrected chi connectivity index (χ0v) is 13.6. The second-order valence-electron chi connectivity index (χ2n) is 6.27. The van der Waals surface area contributed by atoms with Crippen molar-refractivity contribution < 1.29 is 5.11 Å². The van der Waals surface area contributed by atoms with Gasteiger partial charge in [-0.1, -0.05) is 42.5 Å². The number of phenolic OH excluding ortho intramolecular Hbond substituents is 1. The van der Waals surface area contributed by atoms with Crippen LogP contribution in [0.5, 0.6) is 5.75 Å². The van der Waals surface area contributed by atoms with Crippen LogP contribution in [0.4, 0.5) is 5.82 Å². The highest BCUT2D eigenvalue weighted by molar-refractivity contribution is 5.85. The van der Waals surface area contributed by atoms with Gasteiger partial charge >= 0.3 is 0 Å². The lowest BCUT2D eigenvalue weighted by atomic mass is 10.2. The minimum absolute atomic E-state index is 0.247. The number of rotatable bonds is 3. The number of aromatic nitrogens is 1. The van der Waals surface area contributed by atoms with Crippen LogP contribution >= 0.6 is 0 Å². The Morgan fingerprint density at radius 2 is 1.62 bits per heavy atom. The first-order valence-electron chi connectivity index (χ1n) is 8.39. The number of hydrogen-bond acceptors (Lipinski definition) is 4. The molecule has 1 fully saturated rings. The molecule has 2 aromatic carbocycles. The first-order valence-corrected chi connectivity index (χ1v) is 8.39. The summed E-state index contributed by atoms with van der Waals surface area (Å²) in [5, 5.41) is 11.0. The molecule has 122 valence electrons. The standard InChI is InChI=1S/C20H21N3O/c24-18-8-4-7-17-9-10-19(21-20(17)18)23-13-11-22(12-14-23)15-16-5-2-1-3-6-16/h1-10,24H,11-15H2. The molecule has 0 amide bonds. The molecule has 24 heavy (non-hydrogen) atoms. The molecule has 1 N–H and O–H groups in total. The van der Waals surface area contributed by atoms with Gasteiger partial charge in [0, 0.05) is 38.1 Å². The Morgan fingerprint density at radius 3 is 2.42 bits per heavy atom. The van der Waals surface area contributed by atoms with E-state index in [-0.39, 0.29) is 5.75 Å². The topological polar surface area (TPSA) is 39.6 Å². The van der Waals surface area contributed by atoms with Gasteiger partial charge in [0.05, 0.1) is 0 Å². The number of piperazine rings is 1. The van der Waals surface area contributed by atoms with Gasteiger partial charge in [-0.2, -0.15) is 0 Å². The molecule has 0 radical (unpaired) electrons. The first-order chi connectivity index (χ1) is 11.8. The molecule has 4 nitrogen and oxygen atoms in total. The van der Waals surface area contributed by atoms with Crippen molar-refractivity contribution in [2.45, 2.75) is 6.54 Å². The molecule has 1 saturated heterocycles. The van der Waals surface area contributed by atoms with E-state index in [0.717, 1.165) is 43.9 Å². The Bertz CT molecular complexity index is 827. The molecule has 1 aliphatic heterocycles. The summed E-state index contributed by atoms with van der Waals surface area (Å²) >= 11 is 0. The number of aromatic hydroxyl groups is 1. The molecule has 0 unspecified atom stereocenters. The summed E-state index contributed by atoms with van der Waals surface area (Å²) in [7, 11) is 0. The SMILES string of the molecule is Oc1cccc2ccc(N3CCN(Cc4ccccc4)CC3)nc12. The van der Waals surface area contributed by atoms with Crippen LogP contribution in [0, 0.1) is 0 Å². The number of nitrogens with zero attached hydrogens (tertiary/aromatic N) is 3. The molecule has 1 aromatic heterocycles. The van der Waals surface area contributed by atoms with Gasteiger partial charge in [-0.25, -0.2) is 4.98 Å². The van der Waals surface area contributed by atoms with Crippen molar-refractivity contribution in [3.05, 3.63) is 66.2 Å². The zero-order valence-electron chi connectivity index (χ0n) is 13.6. The van der Waals surface area contributed by atoms with Crippen molar-refractivity contribution in [1.29, 1.82) is 0 Å². The second-order valence-corrected chi connectivity index (χ2v) is 6.27. The van der Waals surface area contributed by atoms with Crippen LogP contribution in [0.2, 0.25) is 0 Å². The Kier molecular flexibility index (Phi) is 4.05. The van der Waals surface area contributed by atoms with E-state index in [1.165, 1.54) is 5.56 Å². The van der Waals surface area contributed by atoms with Gasteiger partial charge < -0.3 is 10.0 Å². The summed E-state index contributed by atoms with van der Waals surface area (Å²) < 4.78 is 0. The third kappa shape index (κ3) is 3.05. The quantitative estimate of drug-likeness (QED) is 0.804. The summed E-state index contributed by atoms with van der Waals surface area (Å²) in [5.74, 6) is 1.19. The predicted molar refractivity (Wildman–Crippen MR) is 97.3 cm³/mol. The van der Waals surface area contributed by atoms with Crippen molar-refractivity contribution in [2.75, 3.05) is 31.1 Å². The van der Waals surface area contributed by atoms with Crippen LogP contribution in [0.1, 0.15) is 5.56 Å². The van der Waals surface area contributed by atoms with E-state index in [1.807, 2.05) is 18.2 Å². The van der Waals surface area contributed by atoms with Crippen molar-refractivity contribution in [3.63, 3.8) is 0 Å². The van der Waals surface area contributed by atoms with E-state index in [1.54, 1.807) is 6.07 Å². The molecule has 4 rings (SSSR count). The van der Waals surface area contributed by atoms with Gasteiger partial charge in [-0.3, -0.25) is 4.90 Å². The monoisotopic (exact) mass is 319 g/mol. The highest BCUT2D eigenvalue weighted by Gasteiger charge is 2.18. The number of benzene rings is 2. The molecular weight excluding hydrogens is 298 g/mol. The molecule has 0 aliphatic carbocycles. The largest absolute Gasteiger partial charge is 0.506 e. The smallest absolute Gasteiger partial charge is 0.141 e. The minimum atomic E-state index is 0.247. The van der Waals surface area contributed by atoms with E-state index in [2.05, 4.69) is 51.2 Å². The Labute approximate surface area is 142 Å². The minimum Gasteiger partial charge on any atom is -0.506 e. The average molecular weight is 319 g/mol. The summed E-state index contributed by atoms with van der Waals surface area (Å²) in [6.45, 7) is 4.96. The molecule has 2 heterocycles. The Hall–Kier alpha value is -2.59. The molecule has 0 atom stereocenters. The van der Waals surface area contributed by atoms with E-state index in [9.17, 15) is 5.11 Å². The maximum atomic E-state index is 10.0. The van der Waals surface area contributed by atoms with Crippen LogP contribution in [0.3, 0.4) is 0 Å². The predicted octanol–water partition coefficient (Wildman–Crippen LogP) is 3.26. The van der Waals surface area contributed by atoms with Gasteiger partial charge in [0.25, 0.3) is 0 Å². The molecule has 1 aliphatic rings. The van der Waals surface area contributed by atoms with E-state index in [0.29, 0.717) is 5.52 Å². The molecular formula is C20H21N3O. The highest BCUT2D eigenvalue weighted by Crippen LogP contribution is 2.25. The number of pyridine rings is 1. The second kappa shape index (κ2) is 6.49. The van der Waals surface area contributed by atoms with Gasteiger partial charge in [0.1, 0.15) is 17.1 Å². The number of phenols is 1. The molecule has 0 bridgehead atoms. The summed E-state index contributed by atoms with van der Waals surface area (Å²) in [6.07, 6.45) is 0. The van der Waals surface area contributed by atoms with Crippen LogP contribution in [0.25, 0.3) is 10.9 Å². The van der Waals surface area contributed by atoms with E-state index >= 15 is 0 Å². The number of anilines is 1. The van der Waals surface area contributed by atoms with Gasteiger partial charge in [-0.15, -0.1) is 0 Å². The number of para-hydroxylation sites is 1. The highest BCUT2D eigenvalue weighted by atomic mass is 16.3. The summed E-state index contributed by atoms with van der Waals surface area (Å²) in [4.78, 5) is 9.44. The third-order valence-electron chi connectivity index (χ3n) is 4.63. The maximum Gasteiger partial charge on any atom is 0.141 e.